The molecule has 0 bridgehead atoms. The van der Waals surface area contributed by atoms with E-state index < -0.39 is 16.8 Å². The molecule has 5 heteroatoms. The number of carboxylic acid groups (broad SMARTS) is 1. The van der Waals surface area contributed by atoms with Crippen LogP contribution in [0.5, 0.6) is 5.75 Å². The molecule has 1 aromatic carbocycles. The van der Waals surface area contributed by atoms with Gasteiger partial charge in [0.25, 0.3) is 0 Å². The minimum atomic E-state index is -1.01. The zero-order chi connectivity index (χ0) is 14.2. The van der Waals surface area contributed by atoms with Gasteiger partial charge in [0.2, 0.25) is 0 Å². The quantitative estimate of drug-likeness (QED) is 0.871. The molecule has 0 radical (unpaired) electrons. The SMILES string of the molecule is O=C(O)CC1(CS(=O)CC2Cc3ccccc3O2)CC1. The predicted octanol–water partition coefficient (Wildman–Crippen LogP) is 1.99. The molecule has 2 unspecified atom stereocenters. The van der Waals surface area contributed by atoms with Crippen LogP contribution in [-0.4, -0.2) is 32.9 Å². The Morgan fingerprint density at radius 3 is 2.80 bits per heavy atom. The summed E-state index contributed by atoms with van der Waals surface area (Å²) in [4.78, 5) is 10.8. The molecule has 0 amide bonds. The van der Waals surface area contributed by atoms with E-state index in [-0.39, 0.29) is 17.9 Å². The maximum Gasteiger partial charge on any atom is 0.303 e. The molecule has 3 rings (SSSR count). The van der Waals surface area contributed by atoms with E-state index in [9.17, 15) is 9.00 Å². The fraction of sp³-hybridized carbons (Fsp3) is 0.533. The molecule has 1 aliphatic heterocycles. The highest BCUT2D eigenvalue weighted by atomic mass is 32.2. The van der Waals surface area contributed by atoms with Gasteiger partial charge in [-0.3, -0.25) is 9.00 Å². The Morgan fingerprint density at radius 1 is 1.40 bits per heavy atom. The number of hydrogen-bond acceptors (Lipinski definition) is 3. The summed E-state index contributed by atoms with van der Waals surface area (Å²) < 4.78 is 18.0. The summed E-state index contributed by atoms with van der Waals surface area (Å²) in [5, 5.41) is 8.88. The van der Waals surface area contributed by atoms with E-state index in [2.05, 4.69) is 0 Å². The van der Waals surface area contributed by atoms with Crippen molar-refractivity contribution < 1.29 is 18.8 Å². The lowest BCUT2D eigenvalue weighted by molar-refractivity contribution is -0.138. The molecule has 1 aliphatic carbocycles. The summed E-state index contributed by atoms with van der Waals surface area (Å²) in [5.41, 5.74) is 0.962. The number of ether oxygens (including phenoxy) is 1. The fourth-order valence-corrected chi connectivity index (χ4v) is 4.62. The van der Waals surface area contributed by atoms with Gasteiger partial charge < -0.3 is 9.84 Å². The van der Waals surface area contributed by atoms with E-state index >= 15 is 0 Å². The van der Waals surface area contributed by atoms with Crippen LogP contribution in [-0.2, 0) is 22.0 Å². The Balaban J connectivity index is 1.53. The first kappa shape index (κ1) is 13.6. The van der Waals surface area contributed by atoms with Gasteiger partial charge in [-0.1, -0.05) is 18.2 Å². The van der Waals surface area contributed by atoms with Crippen LogP contribution in [0.25, 0.3) is 0 Å². The summed E-state index contributed by atoms with van der Waals surface area (Å²) in [6.45, 7) is 0. The van der Waals surface area contributed by atoms with Gasteiger partial charge in [0.1, 0.15) is 11.9 Å². The third-order valence-corrected chi connectivity index (χ3v) is 5.71. The number of para-hydroxylation sites is 1. The molecule has 0 spiro atoms. The summed E-state index contributed by atoms with van der Waals surface area (Å²) in [5.74, 6) is 1.09. The summed E-state index contributed by atoms with van der Waals surface area (Å²) >= 11 is 0. The summed E-state index contributed by atoms with van der Waals surface area (Å²) in [6.07, 6.45) is 2.68. The lowest BCUT2D eigenvalue weighted by Crippen LogP contribution is -2.26. The van der Waals surface area contributed by atoms with Gasteiger partial charge in [0, 0.05) is 23.0 Å². The van der Waals surface area contributed by atoms with Crippen LogP contribution in [0.1, 0.15) is 24.8 Å². The largest absolute Gasteiger partial charge is 0.489 e. The molecule has 1 fully saturated rings. The van der Waals surface area contributed by atoms with Crippen LogP contribution in [0.15, 0.2) is 24.3 Å². The molecular weight excluding hydrogens is 276 g/mol. The lowest BCUT2D eigenvalue weighted by Gasteiger charge is -2.14. The van der Waals surface area contributed by atoms with Gasteiger partial charge in [-0.15, -0.1) is 0 Å². The maximum atomic E-state index is 12.2. The lowest BCUT2D eigenvalue weighted by atomic mass is 10.1. The van der Waals surface area contributed by atoms with Crippen LogP contribution in [0.3, 0.4) is 0 Å². The van der Waals surface area contributed by atoms with Gasteiger partial charge in [-0.05, 0) is 29.9 Å². The van der Waals surface area contributed by atoms with Crippen molar-refractivity contribution in [1.29, 1.82) is 0 Å². The molecule has 1 N–H and O–H groups in total. The molecule has 2 aliphatic rings. The van der Waals surface area contributed by atoms with Crippen LogP contribution in [0, 0.1) is 5.41 Å². The van der Waals surface area contributed by atoms with Gasteiger partial charge in [0.05, 0.1) is 12.2 Å². The second kappa shape index (κ2) is 5.20. The predicted molar refractivity (Wildman–Crippen MR) is 76.4 cm³/mol. The molecular formula is C15H18O4S. The minimum Gasteiger partial charge on any atom is -0.489 e. The first-order valence-electron chi connectivity index (χ1n) is 6.88. The van der Waals surface area contributed by atoms with Crippen molar-refractivity contribution in [3.63, 3.8) is 0 Å². The number of hydrogen-bond donors (Lipinski definition) is 1. The van der Waals surface area contributed by atoms with Crippen LogP contribution >= 0.6 is 0 Å². The second-order valence-electron chi connectivity index (χ2n) is 5.87. The monoisotopic (exact) mass is 294 g/mol. The fourth-order valence-electron chi connectivity index (χ4n) is 2.82. The third-order valence-electron chi connectivity index (χ3n) is 4.04. The Hall–Kier alpha value is -1.36. The standard InChI is InChI=1S/C15H18O4S/c16-14(17)8-15(5-6-15)10-20(18)9-12-7-11-3-1-2-4-13(11)19-12/h1-4,12H,5-10H2,(H,16,17). The van der Waals surface area contributed by atoms with Crippen molar-refractivity contribution in [3.05, 3.63) is 29.8 Å². The minimum absolute atomic E-state index is 0.0335. The average molecular weight is 294 g/mol. The Kier molecular flexibility index (Phi) is 3.54. The normalized spacial score (nSPS) is 23.7. The Bertz CT molecular complexity index is 526. The first-order chi connectivity index (χ1) is 9.56. The van der Waals surface area contributed by atoms with E-state index in [4.69, 9.17) is 9.84 Å². The van der Waals surface area contributed by atoms with Crippen molar-refractivity contribution >= 4 is 16.8 Å². The molecule has 0 saturated heterocycles. The van der Waals surface area contributed by atoms with Crippen molar-refractivity contribution in [3.8, 4) is 5.75 Å². The van der Waals surface area contributed by atoms with E-state index in [1.807, 2.05) is 24.3 Å². The van der Waals surface area contributed by atoms with E-state index in [0.29, 0.717) is 11.5 Å². The third kappa shape index (κ3) is 3.03. The highest BCUT2D eigenvalue weighted by molar-refractivity contribution is 7.85. The summed E-state index contributed by atoms with van der Waals surface area (Å²) in [6, 6.07) is 7.88. The first-order valence-corrected chi connectivity index (χ1v) is 8.36. The number of carbonyl (C=O) groups is 1. The van der Waals surface area contributed by atoms with Crippen LogP contribution in [0.2, 0.25) is 0 Å². The number of fused-ring (bicyclic) bond motifs is 1. The van der Waals surface area contributed by atoms with Gasteiger partial charge in [-0.25, -0.2) is 0 Å². The number of benzene rings is 1. The molecule has 1 aromatic rings. The average Bonchev–Trinajstić information content (AvgIpc) is 2.98. The van der Waals surface area contributed by atoms with Crippen LogP contribution < -0.4 is 4.74 Å². The molecule has 108 valence electrons. The maximum absolute atomic E-state index is 12.2. The van der Waals surface area contributed by atoms with Gasteiger partial charge >= 0.3 is 5.97 Å². The van der Waals surface area contributed by atoms with E-state index in [1.54, 1.807) is 0 Å². The van der Waals surface area contributed by atoms with Crippen molar-refractivity contribution in [2.75, 3.05) is 11.5 Å². The zero-order valence-electron chi connectivity index (χ0n) is 11.2. The number of aliphatic carboxylic acids is 1. The van der Waals surface area contributed by atoms with E-state index in [1.165, 1.54) is 5.56 Å². The number of rotatable bonds is 6. The highest BCUT2D eigenvalue weighted by Crippen LogP contribution is 2.49. The smallest absolute Gasteiger partial charge is 0.303 e. The molecule has 4 nitrogen and oxygen atoms in total. The molecule has 20 heavy (non-hydrogen) atoms. The van der Waals surface area contributed by atoms with E-state index in [0.717, 1.165) is 25.0 Å². The summed E-state index contributed by atoms with van der Waals surface area (Å²) in [7, 11) is -1.01. The highest BCUT2D eigenvalue weighted by Gasteiger charge is 2.46. The topological polar surface area (TPSA) is 63.6 Å². The molecule has 0 aromatic heterocycles. The van der Waals surface area contributed by atoms with Crippen LogP contribution in [0.4, 0.5) is 0 Å². The molecule has 2 atom stereocenters. The second-order valence-corrected chi connectivity index (χ2v) is 7.37. The molecule has 1 heterocycles. The Morgan fingerprint density at radius 2 is 2.15 bits per heavy atom. The zero-order valence-corrected chi connectivity index (χ0v) is 12.0. The van der Waals surface area contributed by atoms with Crippen molar-refractivity contribution in [2.24, 2.45) is 5.41 Å². The number of carboxylic acids is 1. The van der Waals surface area contributed by atoms with Gasteiger partial charge in [-0.2, -0.15) is 0 Å². The van der Waals surface area contributed by atoms with Crippen molar-refractivity contribution in [2.45, 2.75) is 31.8 Å². The molecule has 1 saturated carbocycles. The Labute approximate surface area is 120 Å². The van der Waals surface area contributed by atoms with Crippen molar-refractivity contribution in [1.82, 2.24) is 0 Å². The van der Waals surface area contributed by atoms with Gasteiger partial charge in [0.15, 0.2) is 0 Å².